The van der Waals surface area contributed by atoms with Gasteiger partial charge in [-0.3, -0.25) is 0 Å². The third-order valence-corrected chi connectivity index (χ3v) is 4.32. The second-order valence-corrected chi connectivity index (χ2v) is 6.38. The summed E-state index contributed by atoms with van der Waals surface area (Å²) in [6, 6.07) is 2.45. The Balaban J connectivity index is 2.24. The summed E-state index contributed by atoms with van der Waals surface area (Å²) in [5.74, 6) is 0.847. The molecule has 0 spiro atoms. The maximum Gasteiger partial charge on any atom is 0.239 e. The highest BCUT2D eigenvalue weighted by atomic mass is 35.5. The van der Waals surface area contributed by atoms with Crippen molar-refractivity contribution in [2.45, 2.75) is 25.0 Å². The molecule has 7 nitrogen and oxygen atoms in total. The largest absolute Gasteiger partial charge is 0.484 e. The topological polar surface area (TPSA) is 100 Å². The van der Waals surface area contributed by atoms with Crippen LogP contribution in [0.1, 0.15) is 12.7 Å². The van der Waals surface area contributed by atoms with Gasteiger partial charge in [0.05, 0.1) is 10.0 Å². The Morgan fingerprint density at radius 3 is 2.67 bits per heavy atom. The Labute approximate surface area is 131 Å². The zero-order valence-corrected chi connectivity index (χ0v) is 13.3. The van der Waals surface area contributed by atoms with E-state index in [1.54, 1.807) is 4.68 Å². The second-order valence-electron chi connectivity index (χ2n) is 4.04. The predicted molar refractivity (Wildman–Crippen MR) is 77.9 cm³/mol. The van der Waals surface area contributed by atoms with E-state index in [1.165, 1.54) is 12.4 Å². The van der Waals surface area contributed by atoms with E-state index in [4.69, 9.17) is 33.1 Å². The zero-order valence-electron chi connectivity index (χ0n) is 11.0. The van der Waals surface area contributed by atoms with E-state index >= 15 is 0 Å². The van der Waals surface area contributed by atoms with Crippen LogP contribution in [0.25, 0.3) is 0 Å². The molecule has 0 saturated carbocycles. The van der Waals surface area contributed by atoms with E-state index in [0.29, 0.717) is 12.4 Å². The molecule has 2 N–H and O–H groups in total. The Morgan fingerprint density at radius 2 is 2.05 bits per heavy atom. The molecule has 10 heteroatoms. The number of halogens is 2. The van der Waals surface area contributed by atoms with Crippen LogP contribution in [-0.4, -0.2) is 23.2 Å². The average Bonchev–Trinajstić information content (AvgIpc) is 2.85. The Morgan fingerprint density at radius 1 is 1.33 bits per heavy atom. The van der Waals surface area contributed by atoms with Crippen LogP contribution in [-0.2, 0) is 23.2 Å². The van der Waals surface area contributed by atoms with Gasteiger partial charge in [0, 0.05) is 12.6 Å². The molecule has 1 aromatic carbocycles. The maximum atomic E-state index is 11.3. The summed E-state index contributed by atoms with van der Waals surface area (Å²) in [4.78, 5) is 3.79. The van der Waals surface area contributed by atoms with E-state index in [9.17, 15) is 8.42 Å². The number of hydrogen-bond donors (Lipinski definition) is 1. The van der Waals surface area contributed by atoms with Crippen LogP contribution in [0.5, 0.6) is 5.75 Å². The first kappa shape index (κ1) is 16.0. The lowest BCUT2D eigenvalue weighted by atomic mass is 10.3. The molecule has 0 aliphatic carbocycles. The Bertz CT molecular complexity index is 761. The monoisotopic (exact) mass is 350 g/mol. The van der Waals surface area contributed by atoms with Crippen molar-refractivity contribution in [1.29, 1.82) is 0 Å². The molecule has 0 unspecified atom stereocenters. The van der Waals surface area contributed by atoms with E-state index < -0.39 is 10.0 Å². The minimum atomic E-state index is -3.94. The summed E-state index contributed by atoms with van der Waals surface area (Å²) >= 11 is 11.8. The Kier molecular flexibility index (Phi) is 4.72. The lowest BCUT2D eigenvalue weighted by Crippen LogP contribution is -2.13. The van der Waals surface area contributed by atoms with Crippen molar-refractivity contribution in [3.8, 4) is 5.75 Å². The molecule has 0 aliphatic heterocycles. The van der Waals surface area contributed by atoms with Crippen LogP contribution in [0.3, 0.4) is 0 Å². The van der Waals surface area contributed by atoms with E-state index in [-0.39, 0.29) is 27.3 Å². The Hall–Kier alpha value is -1.35. The molecule has 1 aromatic heterocycles. The van der Waals surface area contributed by atoms with Crippen molar-refractivity contribution in [3.63, 3.8) is 0 Å². The highest BCUT2D eigenvalue weighted by Gasteiger charge is 2.17. The van der Waals surface area contributed by atoms with E-state index in [2.05, 4.69) is 10.1 Å². The summed E-state index contributed by atoms with van der Waals surface area (Å²) in [7, 11) is -3.94. The van der Waals surface area contributed by atoms with Gasteiger partial charge in [0.1, 0.15) is 23.6 Å². The number of rotatable bonds is 5. The fourth-order valence-electron chi connectivity index (χ4n) is 1.65. The van der Waals surface area contributed by atoms with Gasteiger partial charge >= 0.3 is 0 Å². The van der Waals surface area contributed by atoms with Crippen LogP contribution in [0.4, 0.5) is 0 Å². The fourth-order valence-corrected chi connectivity index (χ4v) is 3.02. The van der Waals surface area contributed by atoms with Crippen LogP contribution in [0.2, 0.25) is 10.0 Å². The molecule has 2 aromatic rings. The molecular weight excluding hydrogens is 339 g/mol. The van der Waals surface area contributed by atoms with Crippen LogP contribution < -0.4 is 9.88 Å². The van der Waals surface area contributed by atoms with Gasteiger partial charge in [0.15, 0.2) is 5.82 Å². The third-order valence-electron chi connectivity index (χ3n) is 2.64. The van der Waals surface area contributed by atoms with Crippen molar-refractivity contribution < 1.29 is 13.2 Å². The molecule has 2 rings (SSSR count). The number of primary sulfonamides is 1. The van der Waals surface area contributed by atoms with Crippen molar-refractivity contribution in [3.05, 3.63) is 34.3 Å². The molecule has 0 aliphatic rings. The van der Waals surface area contributed by atoms with Crippen LogP contribution in [0.15, 0.2) is 23.4 Å². The maximum absolute atomic E-state index is 11.3. The molecular formula is C11H12Cl2N4O3S. The zero-order chi connectivity index (χ0) is 15.6. The highest BCUT2D eigenvalue weighted by molar-refractivity contribution is 7.89. The lowest BCUT2D eigenvalue weighted by Gasteiger charge is -2.10. The first-order valence-corrected chi connectivity index (χ1v) is 8.14. The quantitative estimate of drug-likeness (QED) is 0.886. The van der Waals surface area contributed by atoms with Crippen LogP contribution >= 0.6 is 23.2 Å². The van der Waals surface area contributed by atoms with Crippen LogP contribution in [0, 0.1) is 0 Å². The molecule has 114 valence electrons. The van der Waals surface area contributed by atoms with Crippen molar-refractivity contribution >= 4 is 33.2 Å². The van der Waals surface area contributed by atoms with Gasteiger partial charge in [-0.25, -0.2) is 23.2 Å². The number of sulfonamides is 1. The number of aromatic nitrogens is 3. The van der Waals surface area contributed by atoms with Gasteiger partial charge in [-0.15, -0.1) is 0 Å². The number of aryl methyl sites for hydroxylation is 1. The molecule has 0 atom stereocenters. The summed E-state index contributed by atoms with van der Waals surface area (Å²) < 4.78 is 29.8. The molecule has 0 amide bonds. The molecule has 0 saturated heterocycles. The van der Waals surface area contributed by atoms with Gasteiger partial charge in [0.25, 0.3) is 0 Å². The molecule has 1 heterocycles. The average molecular weight is 351 g/mol. The number of nitrogens with two attached hydrogens (primary N) is 1. The van der Waals surface area contributed by atoms with Crippen molar-refractivity contribution in [2.24, 2.45) is 5.14 Å². The minimum absolute atomic E-state index is 0.0612. The first-order chi connectivity index (χ1) is 9.82. The summed E-state index contributed by atoms with van der Waals surface area (Å²) in [5, 5.41) is 9.06. The molecule has 0 radical (unpaired) electrons. The number of benzene rings is 1. The lowest BCUT2D eigenvalue weighted by molar-refractivity contribution is 0.287. The molecule has 0 fully saturated rings. The van der Waals surface area contributed by atoms with Gasteiger partial charge in [-0.05, 0) is 13.0 Å². The standard InChI is InChI=1S/C11H12Cl2N4O3S/c1-2-17-11(15-6-16-17)5-20-9-3-8(13)10(4-7(9)12)21(14,18)19/h3-4,6H,2,5H2,1H3,(H2,14,18,19). The minimum Gasteiger partial charge on any atom is -0.484 e. The number of nitrogens with zero attached hydrogens (tertiary/aromatic N) is 3. The summed E-state index contributed by atoms with van der Waals surface area (Å²) in [6.07, 6.45) is 1.42. The van der Waals surface area contributed by atoms with Gasteiger partial charge in [-0.2, -0.15) is 5.10 Å². The summed E-state index contributed by atoms with van der Waals surface area (Å²) in [6.45, 7) is 2.69. The van der Waals surface area contributed by atoms with Crippen molar-refractivity contribution in [1.82, 2.24) is 14.8 Å². The van der Waals surface area contributed by atoms with Gasteiger partial charge in [-0.1, -0.05) is 23.2 Å². The predicted octanol–water partition coefficient (Wildman–Crippen LogP) is 1.83. The normalized spacial score (nSPS) is 11.6. The van der Waals surface area contributed by atoms with Gasteiger partial charge < -0.3 is 4.74 Å². The second kappa shape index (κ2) is 6.18. The smallest absolute Gasteiger partial charge is 0.239 e. The number of hydrogen-bond acceptors (Lipinski definition) is 5. The van der Waals surface area contributed by atoms with Crippen molar-refractivity contribution in [2.75, 3.05) is 0 Å². The van der Waals surface area contributed by atoms with Gasteiger partial charge in [0.2, 0.25) is 10.0 Å². The molecule has 0 bridgehead atoms. The summed E-state index contributed by atoms with van der Waals surface area (Å²) in [5.41, 5.74) is 0. The number of ether oxygens (including phenoxy) is 1. The third kappa shape index (κ3) is 3.65. The first-order valence-electron chi connectivity index (χ1n) is 5.84. The van der Waals surface area contributed by atoms with E-state index in [0.717, 1.165) is 6.07 Å². The van der Waals surface area contributed by atoms with E-state index in [1.807, 2.05) is 6.92 Å². The SMILES string of the molecule is CCn1ncnc1COc1cc(Cl)c(S(N)(=O)=O)cc1Cl. The molecule has 21 heavy (non-hydrogen) atoms. The highest BCUT2D eigenvalue weighted by Crippen LogP contribution is 2.33. The fraction of sp³-hybridized carbons (Fsp3) is 0.273.